The second-order valence-corrected chi connectivity index (χ2v) is 1.05. The van der Waals surface area contributed by atoms with E-state index in [-0.39, 0.29) is 0 Å². The molecule has 0 aromatic carbocycles. The lowest BCUT2D eigenvalue weighted by Gasteiger charge is -1.76. The maximum absolute atomic E-state index is 9.46. The Hall–Kier alpha value is -0.790. The predicted molar refractivity (Wildman–Crippen MR) is 24.0 cm³/mol. The van der Waals surface area contributed by atoms with Crippen molar-refractivity contribution in [3.05, 3.63) is 11.8 Å². The van der Waals surface area contributed by atoms with Crippen LogP contribution < -0.4 is 5.73 Å². The Balaban J connectivity index is 3.41. The van der Waals surface area contributed by atoms with Crippen LogP contribution in [0.25, 0.3) is 0 Å². The molecule has 2 nitrogen and oxygen atoms in total. The maximum atomic E-state index is 9.46. The first-order chi connectivity index (χ1) is 2.77. The van der Waals surface area contributed by atoms with Gasteiger partial charge in [0.25, 0.3) is 0 Å². The summed E-state index contributed by atoms with van der Waals surface area (Å²) in [7, 11) is 0. The van der Waals surface area contributed by atoms with E-state index in [9.17, 15) is 4.79 Å². The van der Waals surface area contributed by atoms with Crippen LogP contribution in [0.5, 0.6) is 0 Å². The second-order valence-electron chi connectivity index (χ2n) is 1.05. The van der Waals surface area contributed by atoms with Crippen LogP contribution in [-0.4, -0.2) is 6.29 Å². The van der Waals surface area contributed by atoms with Gasteiger partial charge in [0.15, 0.2) is 0 Å². The minimum Gasteiger partial charge on any atom is -0.402 e. The third kappa shape index (κ3) is 3.21. The summed E-state index contributed by atoms with van der Waals surface area (Å²) in [5, 5.41) is 0. The number of hydrogen-bond donors (Lipinski definition) is 1. The van der Waals surface area contributed by atoms with E-state index in [4.69, 9.17) is 5.73 Å². The number of allylic oxidation sites excluding steroid dienone is 2. The van der Waals surface area contributed by atoms with E-state index >= 15 is 0 Å². The molecule has 0 aliphatic carbocycles. The van der Waals surface area contributed by atoms with Crippen molar-refractivity contribution < 1.29 is 4.79 Å². The van der Waals surface area contributed by atoms with Crippen molar-refractivity contribution in [2.75, 3.05) is 0 Å². The highest BCUT2D eigenvalue weighted by molar-refractivity contribution is 5.65. The standard InChI is InChI=1S/C4H7NO/c1-4(5)2-3-6/h2-3H,5H2,1H3/b4-2+. The summed E-state index contributed by atoms with van der Waals surface area (Å²) in [4.78, 5) is 9.46. The molecule has 2 N–H and O–H groups in total. The fourth-order valence-corrected chi connectivity index (χ4v) is 0.107. The lowest BCUT2D eigenvalue weighted by Crippen LogP contribution is -1.88. The van der Waals surface area contributed by atoms with Gasteiger partial charge in [0, 0.05) is 5.70 Å². The SMILES string of the molecule is C/C(N)=C\C=O. The molecule has 0 rings (SSSR count). The molecule has 34 valence electrons. The summed E-state index contributed by atoms with van der Waals surface area (Å²) in [6.45, 7) is 1.66. The molecule has 0 heterocycles. The van der Waals surface area contributed by atoms with Crippen LogP contribution in [-0.2, 0) is 4.79 Å². The molecule has 0 atom stereocenters. The van der Waals surface area contributed by atoms with Gasteiger partial charge in [-0.15, -0.1) is 0 Å². The van der Waals surface area contributed by atoms with Gasteiger partial charge in [-0.1, -0.05) is 0 Å². The van der Waals surface area contributed by atoms with Crippen LogP contribution >= 0.6 is 0 Å². The molecule has 0 saturated heterocycles. The highest BCUT2D eigenvalue weighted by Crippen LogP contribution is 1.70. The van der Waals surface area contributed by atoms with E-state index in [1.165, 1.54) is 6.08 Å². The minimum atomic E-state index is 0.546. The van der Waals surface area contributed by atoms with Crippen molar-refractivity contribution in [1.82, 2.24) is 0 Å². The van der Waals surface area contributed by atoms with Gasteiger partial charge in [-0.25, -0.2) is 0 Å². The van der Waals surface area contributed by atoms with Gasteiger partial charge in [-0.3, -0.25) is 4.79 Å². The second kappa shape index (κ2) is 2.45. The lowest BCUT2D eigenvalue weighted by molar-refractivity contribution is -0.104. The van der Waals surface area contributed by atoms with E-state index < -0.39 is 0 Å². The molecule has 0 bridgehead atoms. The Bertz CT molecular complexity index is 71.6. The summed E-state index contributed by atoms with van der Waals surface area (Å²) in [6, 6.07) is 0. The Labute approximate surface area is 36.6 Å². The molecule has 0 amide bonds. The number of nitrogens with two attached hydrogens (primary N) is 1. The largest absolute Gasteiger partial charge is 0.402 e. The smallest absolute Gasteiger partial charge is 0.144 e. The van der Waals surface area contributed by atoms with Crippen molar-refractivity contribution in [1.29, 1.82) is 0 Å². The Morgan fingerprint density at radius 2 is 2.33 bits per heavy atom. The minimum absolute atomic E-state index is 0.546. The summed E-state index contributed by atoms with van der Waals surface area (Å²) in [5.74, 6) is 0. The summed E-state index contributed by atoms with van der Waals surface area (Å²) < 4.78 is 0. The van der Waals surface area contributed by atoms with E-state index in [2.05, 4.69) is 0 Å². The zero-order chi connectivity index (χ0) is 4.99. The number of rotatable bonds is 1. The molecule has 0 radical (unpaired) electrons. The molecule has 0 saturated carbocycles. The maximum Gasteiger partial charge on any atom is 0.144 e. The highest BCUT2D eigenvalue weighted by atomic mass is 16.1. The molecule has 0 aromatic heterocycles. The van der Waals surface area contributed by atoms with E-state index in [0.29, 0.717) is 12.0 Å². The summed E-state index contributed by atoms with van der Waals surface area (Å²) in [5.41, 5.74) is 5.58. The van der Waals surface area contributed by atoms with Crippen molar-refractivity contribution in [2.24, 2.45) is 5.73 Å². The molecule has 0 aromatic rings. The Morgan fingerprint density at radius 3 is 2.33 bits per heavy atom. The van der Waals surface area contributed by atoms with Crippen LogP contribution in [0.3, 0.4) is 0 Å². The molecule has 0 spiro atoms. The first kappa shape index (κ1) is 5.21. The van der Waals surface area contributed by atoms with E-state index in [1.807, 2.05) is 0 Å². The molecule has 0 aliphatic heterocycles. The van der Waals surface area contributed by atoms with Crippen LogP contribution in [0.1, 0.15) is 6.92 Å². The highest BCUT2D eigenvalue weighted by Gasteiger charge is 1.66. The van der Waals surface area contributed by atoms with Crippen molar-refractivity contribution in [2.45, 2.75) is 6.92 Å². The Kier molecular flexibility index (Phi) is 2.13. The molecule has 0 unspecified atom stereocenters. The molecular formula is C4H7NO. The summed E-state index contributed by atoms with van der Waals surface area (Å²) >= 11 is 0. The zero-order valence-corrected chi connectivity index (χ0v) is 3.64. The van der Waals surface area contributed by atoms with Gasteiger partial charge in [0.1, 0.15) is 6.29 Å². The number of hydrogen-bond acceptors (Lipinski definition) is 2. The quantitative estimate of drug-likeness (QED) is 0.361. The van der Waals surface area contributed by atoms with Crippen LogP contribution in [0.15, 0.2) is 11.8 Å². The van der Waals surface area contributed by atoms with Crippen LogP contribution in [0.4, 0.5) is 0 Å². The van der Waals surface area contributed by atoms with Crippen LogP contribution in [0, 0.1) is 0 Å². The number of carbonyl (C=O) groups excluding carboxylic acids is 1. The van der Waals surface area contributed by atoms with Crippen molar-refractivity contribution in [3.63, 3.8) is 0 Å². The van der Waals surface area contributed by atoms with Crippen molar-refractivity contribution in [3.8, 4) is 0 Å². The average molecular weight is 85.1 g/mol. The van der Waals surface area contributed by atoms with Gasteiger partial charge >= 0.3 is 0 Å². The van der Waals surface area contributed by atoms with Crippen molar-refractivity contribution >= 4 is 6.29 Å². The molecular weight excluding hydrogens is 78.0 g/mol. The molecule has 0 aliphatic rings. The fraction of sp³-hybridized carbons (Fsp3) is 0.250. The average Bonchev–Trinajstić information content (AvgIpc) is 1.35. The van der Waals surface area contributed by atoms with Gasteiger partial charge in [0.2, 0.25) is 0 Å². The first-order valence-electron chi connectivity index (χ1n) is 1.65. The normalized spacial score (nSPS) is 11.2. The molecule has 2 heteroatoms. The van der Waals surface area contributed by atoms with Gasteiger partial charge in [-0.05, 0) is 13.0 Å². The van der Waals surface area contributed by atoms with E-state index in [0.717, 1.165) is 0 Å². The third-order valence-electron chi connectivity index (χ3n) is 0.331. The third-order valence-corrected chi connectivity index (χ3v) is 0.331. The topological polar surface area (TPSA) is 43.1 Å². The number of aldehydes is 1. The first-order valence-corrected chi connectivity index (χ1v) is 1.65. The fourth-order valence-electron chi connectivity index (χ4n) is 0.107. The van der Waals surface area contributed by atoms with E-state index in [1.54, 1.807) is 6.92 Å². The zero-order valence-electron chi connectivity index (χ0n) is 3.64. The van der Waals surface area contributed by atoms with Crippen LogP contribution in [0.2, 0.25) is 0 Å². The summed E-state index contributed by atoms with van der Waals surface area (Å²) in [6.07, 6.45) is 1.97. The Morgan fingerprint density at radius 1 is 1.83 bits per heavy atom. The predicted octanol–water partition coefficient (Wildman–Crippen LogP) is 0.0478. The molecule has 0 fully saturated rings. The lowest BCUT2D eigenvalue weighted by atomic mass is 10.5. The van der Waals surface area contributed by atoms with Gasteiger partial charge < -0.3 is 5.73 Å². The molecule has 6 heavy (non-hydrogen) atoms. The monoisotopic (exact) mass is 85.1 g/mol. The number of carbonyl (C=O) groups is 1. The van der Waals surface area contributed by atoms with Gasteiger partial charge in [0.05, 0.1) is 0 Å². The van der Waals surface area contributed by atoms with Gasteiger partial charge in [-0.2, -0.15) is 0 Å².